The maximum absolute atomic E-state index is 10.4. The molecule has 0 spiro atoms. The first-order valence-corrected chi connectivity index (χ1v) is 12.5. The summed E-state index contributed by atoms with van der Waals surface area (Å²) in [5.41, 5.74) is 0. The van der Waals surface area contributed by atoms with Crippen molar-refractivity contribution in [3.63, 3.8) is 0 Å². The molecular weight excluding hydrogens is 327 g/mol. The van der Waals surface area contributed by atoms with Gasteiger partial charge in [0.25, 0.3) is 0 Å². The van der Waals surface area contributed by atoms with E-state index in [1.165, 1.54) is 95.8 Å². The third kappa shape index (κ3) is 15.4. The molecule has 1 aliphatic heterocycles. The fourth-order valence-corrected chi connectivity index (χ4v) is 5.81. The van der Waals surface area contributed by atoms with Gasteiger partial charge in [-0.05, 0) is 51.4 Å². The van der Waals surface area contributed by atoms with Crippen molar-refractivity contribution < 1.29 is 9.90 Å². The summed E-state index contributed by atoms with van der Waals surface area (Å²) >= 11 is 0. The molecule has 0 radical (unpaired) electrons. The molecule has 0 saturated carbocycles. The van der Waals surface area contributed by atoms with Crippen LogP contribution in [0.15, 0.2) is 12.2 Å². The lowest BCUT2D eigenvalue weighted by molar-refractivity contribution is -0.137. The summed E-state index contributed by atoms with van der Waals surface area (Å²) in [6.45, 7) is 0. The summed E-state index contributed by atoms with van der Waals surface area (Å²) < 4.78 is 0. The lowest BCUT2D eigenvalue weighted by atomic mass is 10.1. The number of carboxylic acid groups (broad SMARTS) is 1. The SMILES string of the molecule is O=C(O)CCCCCCCC=CCCCCCCCC[P+]1=CCCC1. The lowest BCUT2D eigenvalue weighted by Gasteiger charge is -1.99. The Balaban J connectivity index is 1.71. The van der Waals surface area contributed by atoms with E-state index >= 15 is 0 Å². The van der Waals surface area contributed by atoms with Gasteiger partial charge < -0.3 is 5.11 Å². The molecule has 0 bridgehead atoms. The maximum atomic E-state index is 10.4. The minimum absolute atomic E-state index is 0.333. The molecule has 1 atom stereocenters. The molecule has 1 N–H and O–H groups in total. The monoisotopic (exact) mass is 367 g/mol. The first-order valence-electron chi connectivity index (χ1n) is 10.7. The van der Waals surface area contributed by atoms with E-state index in [1.54, 1.807) is 0 Å². The van der Waals surface area contributed by atoms with Gasteiger partial charge in [0.1, 0.15) is 12.3 Å². The minimum atomic E-state index is -0.661. The van der Waals surface area contributed by atoms with Crippen LogP contribution in [0.5, 0.6) is 0 Å². The van der Waals surface area contributed by atoms with Crippen molar-refractivity contribution in [1.29, 1.82) is 0 Å². The molecule has 0 aromatic rings. The quantitative estimate of drug-likeness (QED) is 0.168. The second kappa shape index (κ2) is 16.8. The second-order valence-electron chi connectivity index (χ2n) is 7.44. The van der Waals surface area contributed by atoms with Gasteiger partial charge in [-0.1, -0.05) is 50.7 Å². The van der Waals surface area contributed by atoms with Crippen molar-refractivity contribution in [2.45, 2.75) is 103 Å². The highest BCUT2D eigenvalue weighted by Crippen LogP contribution is 2.31. The molecule has 1 rings (SSSR count). The van der Waals surface area contributed by atoms with Crippen LogP contribution in [0.25, 0.3) is 0 Å². The number of aliphatic carboxylic acids is 1. The zero-order chi connectivity index (χ0) is 18.0. The average Bonchev–Trinajstić information content (AvgIpc) is 3.11. The van der Waals surface area contributed by atoms with Crippen LogP contribution in [-0.2, 0) is 4.79 Å². The highest BCUT2D eigenvalue weighted by Gasteiger charge is 2.14. The average molecular weight is 368 g/mol. The predicted molar refractivity (Wildman–Crippen MR) is 113 cm³/mol. The molecule has 0 aromatic heterocycles. The number of carboxylic acids is 1. The lowest BCUT2D eigenvalue weighted by Crippen LogP contribution is -1.93. The van der Waals surface area contributed by atoms with Gasteiger partial charge in [0.05, 0.1) is 13.3 Å². The molecule has 3 heteroatoms. The van der Waals surface area contributed by atoms with Gasteiger partial charge in [-0.3, -0.25) is 4.79 Å². The van der Waals surface area contributed by atoms with Gasteiger partial charge in [-0.15, -0.1) is 0 Å². The molecule has 0 saturated heterocycles. The normalized spacial score (nSPS) is 15.8. The molecule has 0 aromatic carbocycles. The first kappa shape index (κ1) is 22.4. The van der Waals surface area contributed by atoms with Crippen LogP contribution in [0.1, 0.15) is 103 Å². The number of unbranched alkanes of at least 4 members (excludes halogenated alkanes) is 11. The summed E-state index contributed by atoms with van der Waals surface area (Å²) in [6.07, 6.45) is 27.5. The molecule has 2 nitrogen and oxygen atoms in total. The van der Waals surface area contributed by atoms with Crippen LogP contribution in [0, 0.1) is 0 Å². The fraction of sp³-hybridized carbons (Fsp3) is 0.818. The van der Waals surface area contributed by atoms with E-state index in [4.69, 9.17) is 5.11 Å². The number of carbonyl (C=O) groups is 1. The van der Waals surface area contributed by atoms with E-state index < -0.39 is 5.97 Å². The van der Waals surface area contributed by atoms with Crippen LogP contribution in [0.2, 0.25) is 0 Å². The summed E-state index contributed by atoms with van der Waals surface area (Å²) in [6, 6.07) is 0. The topological polar surface area (TPSA) is 37.3 Å². The molecular formula is C22H40O2P+. The van der Waals surface area contributed by atoms with Gasteiger partial charge in [0, 0.05) is 12.8 Å². The van der Waals surface area contributed by atoms with E-state index in [1.807, 2.05) is 0 Å². The third-order valence-corrected chi connectivity index (χ3v) is 7.59. The van der Waals surface area contributed by atoms with E-state index in [-0.39, 0.29) is 0 Å². The van der Waals surface area contributed by atoms with Crippen LogP contribution in [-0.4, -0.2) is 29.2 Å². The van der Waals surface area contributed by atoms with Crippen LogP contribution >= 0.6 is 7.55 Å². The van der Waals surface area contributed by atoms with Gasteiger partial charge in [-0.2, -0.15) is 0 Å². The fourth-order valence-electron chi connectivity index (χ4n) is 3.45. The predicted octanol–water partition coefficient (Wildman–Crippen LogP) is 7.17. The minimum Gasteiger partial charge on any atom is -0.481 e. The highest BCUT2D eigenvalue weighted by molar-refractivity contribution is 7.57. The highest BCUT2D eigenvalue weighted by atomic mass is 31.1. The first-order chi connectivity index (χ1) is 12.3. The van der Waals surface area contributed by atoms with Crippen LogP contribution in [0.4, 0.5) is 0 Å². The summed E-state index contributed by atoms with van der Waals surface area (Å²) in [7, 11) is 0.352. The van der Waals surface area contributed by atoms with E-state index in [0.717, 1.165) is 12.8 Å². The Hall–Kier alpha value is -0.620. The van der Waals surface area contributed by atoms with Gasteiger partial charge >= 0.3 is 5.97 Å². The van der Waals surface area contributed by atoms with Gasteiger partial charge in [-0.25, -0.2) is 0 Å². The summed E-state index contributed by atoms with van der Waals surface area (Å²) in [5.74, 6) is 1.95. The molecule has 0 aliphatic carbocycles. The van der Waals surface area contributed by atoms with Crippen molar-refractivity contribution in [2.24, 2.45) is 0 Å². The Morgan fingerprint density at radius 3 is 1.96 bits per heavy atom. The third-order valence-electron chi connectivity index (χ3n) is 5.03. The Morgan fingerprint density at radius 1 is 0.840 bits per heavy atom. The number of hydrogen-bond acceptors (Lipinski definition) is 1. The zero-order valence-corrected chi connectivity index (χ0v) is 17.2. The summed E-state index contributed by atoms with van der Waals surface area (Å²) in [5, 5.41) is 8.56. The standard InChI is InChI=1S/C22H39O2P/c23-22(24)18-14-12-10-8-6-4-2-1-3-5-7-9-11-13-15-19-25-20-16-17-21-25/h1-2,20H,3-19,21H2/p+1. The molecule has 1 unspecified atom stereocenters. The van der Waals surface area contributed by atoms with Crippen molar-refractivity contribution in [3.05, 3.63) is 12.2 Å². The largest absolute Gasteiger partial charge is 0.481 e. The Morgan fingerprint density at radius 2 is 1.40 bits per heavy atom. The van der Waals surface area contributed by atoms with E-state index in [2.05, 4.69) is 17.9 Å². The molecule has 144 valence electrons. The summed E-state index contributed by atoms with van der Waals surface area (Å²) in [4.78, 5) is 10.4. The smallest absolute Gasteiger partial charge is 0.303 e. The molecule has 25 heavy (non-hydrogen) atoms. The number of rotatable bonds is 17. The Bertz CT molecular complexity index is 387. The van der Waals surface area contributed by atoms with Crippen LogP contribution < -0.4 is 0 Å². The van der Waals surface area contributed by atoms with E-state index in [9.17, 15) is 4.79 Å². The van der Waals surface area contributed by atoms with Gasteiger partial charge in [0.2, 0.25) is 0 Å². The molecule has 1 aliphatic rings. The van der Waals surface area contributed by atoms with E-state index in [0.29, 0.717) is 14.0 Å². The van der Waals surface area contributed by atoms with Crippen molar-refractivity contribution >= 4 is 19.3 Å². The maximum Gasteiger partial charge on any atom is 0.303 e. The Kier molecular flexibility index (Phi) is 15.1. The number of allylic oxidation sites excluding steroid dienone is 2. The molecule has 1 heterocycles. The van der Waals surface area contributed by atoms with Crippen molar-refractivity contribution in [2.75, 3.05) is 12.3 Å². The second-order valence-corrected chi connectivity index (χ2v) is 9.88. The molecule has 0 fully saturated rings. The van der Waals surface area contributed by atoms with Crippen molar-refractivity contribution in [1.82, 2.24) is 0 Å². The molecule has 0 amide bonds. The zero-order valence-electron chi connectivity index (χ0n) is 16.3. The number of hydrogen-bond donors (Lipinski definition) is 1. The van der Waals surface area contributed by atoms with Gasteiger partial charge in [0.15, 0.2) is 0 Å². The van der Waals surface area contributed by atoms with Crippen LogP contribution in [0.3, 0.4) is 0 Å². The Labute approximate surface area is 156 Å². The van der Waals surface area contributed by atoms with Crippen molar-refractivity contribution in [3.8, 4) is 0 Å².